The molecular formula is C32H33ClFN7O3S. The number of carbonyl (C=O) groups is 1. The first-order valence-electron chi connectivity index (χ1n) is 14.0. The van der Waals surface area contributed by atoms with Crippen LogP contribution in [0.4, 0.5) is 4.39 Å². The number of amides is 1. The number of likely N-dealkylation sites (N-methyl/N-ethyl adjacent to an activating group) is 1. The standard InChI is InChI=1S/C32H33ClFN7O3S/c1-7-24-25(18(2)33)31(43)41(22-10-8-9-21(34)15-22)28(36-24)19(3)35-27-26-29(38-32(37-27)45-6)40(17-39(4)30(26)42)16-20-11-13-23(44-5)14-12-20/h7-15,19,32,38H,1-2,16-17H2,3-6H3,(H,35,37)/t19-,32?/m0/s1. The summed E-state index contributed by atoms with van der Waals surface area (Å²) >= 11 is 7.69. The molecule has 0 radical (unpaired) electrons. The van der Waals surface area contributed by atoms with Crippen LogP contribution in [0.25, 0.3) is 16.8 Å². The van der Waals surface area contributed by atoms with Gasteiger partial charge in [-0.05, 0) is 55.2 Å². The lowest BCUT2D eigenvalue weighted by Gasteiger charge is -2.41. The highest BCUT2D eigenvalue weighted by Gasteiger charge is 2.38. The Balaban J connectivity index is 1.59. The van der Waals surface area contributed by atoms with Crippen LogP contribution in [0.5, 0.6) is 5.75 Å². The van der Waals surface area contributed by atoms with E-state index in [1.54, 1.807) is 32.0 Å². The number of aliphatic imine (C=N–C) groups is 1. The van der Waals surface area contributed by atoms with E-state index in [2.05, 4.69) is 28.7 Å². The lowest BCUT2D eigenvalue weighted by atomic mass is 10.1. The van der Waals surface area contributed by atoms with Gasteiger partial charge in [-0.15, -0.1) is 11.8 Å². The van der Waals surface area contributed by atoms with Gasteiger partial charge in [0.2, 0.25) is 0 Å². The van der Waals surface area contributed by atoms with Crippen LogP contribution in [0.3, 0.4) is 0 Å². The van der Waals surface area contributed by atoms with Crippen molar-refractivity contribution in [3.8, 4) is 11.4 Å². The third-order valence-corrected chi connectivity index (χ3v) is 8.26. The number of nitrogens with one attached hydrogen (secondary N) is 2. The van der Waals surface area contributed by atoms with E-state index >= 15 is 0 Å². The number of halogens is 2. The second kappa shape index (κ2) is 13.2. The molecule has 234 valence electrons. The minimum Gasteiger partial charge on any atom is -0.497 e. The molecule has 1 amide bonds. The molecule has 0 spiro atoms. The molecule has 10 nitrogen and oxygen atoms in total. The molecule has 13 heteroatoms. The quantitative estimate of drug-likeness (QED) is 0.345. The Morgan fingerprint density at radius 1 is 1.29 bits per heavy atom. The maximum absolute atomic E-state index is 14.4. The molecule has 0 bridgehead atoms. The predicted molar refractivity (Wildman–Crippen MR) is 177 cm³/mol. The van der Waals surface area contributed by atoms with Gasteiger partial charge in [0.15, 0.2) is 5.50 Å². The fourth-order valence-electron chi connectivity index (χ4n) is 5.23. The molecule has 1 unspecified atom stereocenters. The van der Waals surface area contributed by atoms with E-state index in [0.29, 0.717) is 30.4 Å². The molecule has 0 fully saturated rings. The average molecular weight is 650 g/mol. The summed E-state index contributed by atoms with van der Waals surface area (Å²) in [6.45, 7) is 10.2. The highest BCUT2D eigenvalue weighted by molar-refractivity contribution is 7.99. The van der Waals surface area contributed by atoms with Crippen LogP contribution in [0.2, 0.25) is 0 Å². The van der Waals surface area contributed by atoms with Crippen LogP contribution in [-0.4, -0.2) is 63.7 Å². The minimum absolute atomic E-state index is 0.0205. The topological polar surface area (TPSA) is 104 Å². The molecule has 2 N–H and O–H groups in total. The lowest BCUT2D eigenvalue weighted by molar-refractivity contribution is -0.128. The fraction of sp³-hybridized carbons (Fsp3) is 0.250. The number of methoxy groups -OCH3 is 1. The van der Waals surface area contributed by atoms with Gasteiger partial charge in [0.25, 0.3) is 11.5 Å². The van der Waals surface area contributed by atoms with Crippen LogP contribution < -0.4 is 20.9 Å². The third kappa shape index (κ3) is 6.34. The van der Waals surface area contributed by atoms with Gasteiger partial charge < -0.3 is 25.2 Å². The number of amidine groups is 1. The largest absolute Gasteiger partial charge is 0.497 e. The molecule has 0 saturated carbocycles. The summed E-state index contributed by atoms with van der Waals surface area (Å²) in [5.41, 5.74) is 0.961. The second-order valence-corrected chi connectivity index (χ2v) is 11.8. The van der Waals surface area contributed by atoms with Crippen LogP contribution in [0, 0.1) is 5.82 Å². The maximum Gasteiger partial charge on any atom is 0.267 e. The van der Waals surface area contributed by atoms with Gasteiger partial charge >= 0.3 is 0 Å². The molecule has 3 aromatic rings. The Labute approximate surface area is 269 Å². The van der Waals surface area contributed by atoms with Crippen molar-refractivity contribution in [1.29, 1.82) is 0 Å². The summed E-state index contributed by atoms with van der Waals surface area (Å²) in [4.78, 5) is 40.7. The van der Waals surface area contributed by atoms with Gasteiger partial charge in [-0.25, -0.2) is 14.4 Å². The third-order valence-electron chi connectivity index (χ3n) is 7.40. The first kappa shape index (κ1) is 31.9. The van der Waals surface area contributed by atoms with E-state index in [-0.39, 0.29) is 33.7 Å². The Morgan fingerprint density at radius 3 is 2.64 bits per heavy atom. The molecule has 45 heavy (non-hydrogen) atoms. The highest BCUT2D eigenvalue weighted by atomic mass is 35.5. The van der Waals surface area contributed by atoms with E-state index in [1.165, 1.54) is 40.6 Å². The zero-order valence-electron chi connectivity index (χ0n) is 25.3. The first-order chi connectivity index (χ1) is 21.6. The summed E-state index contributed by atoms with van der Waals surface area (Å²) in [6, 6.07) is 12.7. The Morgan fingerprint density at radius 2 is 2.02 bits per heavy atom. The van der Waals surface area contributed by atoms with Gasteiger partial charge in [0, 0.05) is 18.6 Å². The molecule has 2 aromatic carbocycles. The van der Waals surface area contributed by atoms with Gasteiger partial charge in [-0.2, -0.15) is 0 Å². The van der Waals surface area contributed by atoms with Crippen molar-refractivity contribution in [2.75, 3.05) is 27.1 Å². The predicted octanol–water partition coefficient (Wildman–Crippen LogP) is 4.67. The SMILES string of the molecule is C=Cc1nc([C@H](C)NC2=NC(SC)NC3=C2C(=O)N(C)CN3Cc2ccc(OC)cc2)n(-c2cccc(F)c2)c(=O)c1C(=C)Cl. The molecule has 2 atom stereocenters. The number of ether oxygens (including phenoxy) is 1. The number of nitrogens with zero attached hydrogens (tertiary/aromatic N) is 5. The number of hydrogen-bond donors (Lipinski definition) is 2. The van der Waals surface area contributed by atoms with Gasteiger partial charge in [-0.1, -0.05) is 43.0 Å². The molecule has 0 aliphatic carbocycles. The summed E-state index contributed by atoms with van der Waals surface area (Å²) < 4.78 is 21.0. The Kier molecular flexibility index (Phi) is 9.35. The molecule has 5 rings (SSSR count). The minimum atomic E-state index is -0.694. The fourth-order valence-corrected chi connectivity index (χ4v) is 5.85. The van der Waals surface area contributed by atoms with E-state index in [1.807, 2.05) is 30.5 Å². The zero-order valence-corrected chi connectivity index (χ0v) is 26.9. The molecular weight excluding hydrogens is 617 g/mol. The maximum atomic E-state index is 14.4. The molecule has 1 aromatic heterocycles. The van der Waals surface area contributed by atoms with Crippen LogP contribution in [-0.2, 0) is 11.3 Å². The smallest absolute Gasteiger partial charge is 0.267 e. The van der Waals surface area contributed by atoms with Gasteiger partial charge in [0.1, 0.15) is 34.6 Å². The van der Waals surface area contributed by atoms with E-state index in [0.717, 1.165) is 11.3 Å². The Hall–Kier alpha value is -4.55. The summed E-state index contributed by atoms with van der Waals surface area (Å²) in [7, 11) is 3.35. The summed E-state index contributed by atoms with van der Waals surface area (Å²) in [6.07, 6.45) is 3.33. The van der Waals surface area contributed by atoms with Crippen LogP contribution in [0.1, 0.15) is 35.6 Å². The summed E-state index contributed by atoms with van der Waals surface area (Å²) in [5.74, 6) is 1.20. The summed E-state index contributed by atoms with van der Waals surface area (Å²) in [5, 5.41) is 6.72. The zero-order chi connectivity index (χ0) is 32.4. The molecule has 2 aliphatic rings. The van der Waals surface area contributed by atoms with Gasteiger partial charge in [-0.3, -0.25) is 14.2 Å². The van der Waals surface area contributed by atoms with Crippen LogP contribution in [0.15, 0.2) is 82.9 Å². The molecule has 0 saturated heterocycles. The van der Waals surface area contributed by atoms with Crippen molar-refractivity contribution in [2.45, 2.75) is 25.0 Å². The van der Waals surface area contributed by atoms with Gasteiger partial charge in [0.05, 0.1) is 36.8 Å². The van der Waals surface area contributed by atoms with E-state index < -0.39 is 22.9 Å². The van der Waals surface area contributed by atoms with Crippen molar-refractivity contribution in [1.82, 2.24) is 30.0 Å². The van der Waals surface area contributed by atoms with Crippen molar-refractivity contribution >= 4 is 46.2 Å². The number of aromatic nitrogens is 2. The average Bonchev–Trinajstić information content (AvgIpc) is 3.02. The molecule has 2 aliphatic heterocycles. The number of hydrogen-bond acceptors (Lipinski definition) is 9. The lowest BCUT2D eigenvalue weighted by Crippen LogP contribution is -2.55. The van der Waals surface area contributed by atoms with Crippen molar-refractivity contribution < 1.29 is 13.9 Å². The monoisotopic (exact) mass is 649 g/mol. The second-order valence-electron chi connectivity index (χ2n) is 10.4. The number of rotatable bonds is 9. The van der Waals surface area contributed by atoms with Crippen LogP contribution >= 0.6 is 23.4 Å². The normalized spacial score (nSPS) is 16.9. The Bertz CT molecular complexity index is 1790. The van der Waals surface area contributed by atoms with Crippen molar-refractivity contribution in [3.05, 3.63) is 112 Å². The van der Waals surface area contributed by atoms with E-state index in [4.69, 9.17) is 26.3 Å². The number of thioether (sulfide) groups is 1. The first-order valence-corrected chi connectivity index (χ1v) is 15.6. The van der Waals surface area contributed by atoms with Crippen molar-refractivity contribution in [3.63, 3.8) is 0 Å². The number of carbonyl (C=O) groups excluding carboxylic acids is 1. The molecule has 3 heterocycles. The number of benzene rings is 2. The van der Waals surface area contributed by atoms with Crippen molar-refractivity contribution in [2.24, 2.45) is 4.99 Å². The van der Waals surface area contributed by atoms with E-state index in [9.17, 15) is 14.0 Å². The highest BCUT2D eigenvalue weighted by Crippen LogP contribution is 2.29.